The summed E-state index contributed by atoms with van der Waals surface area (Å²) in [5, 5.41) is 3.58. The Morgan fingerprint density at radius 3 is 2.06 bits per heavy atom. The first-order chi connectivity index (χ1) is 7.78. The lowest BCUT2D eigenvalue weighted by molar-refractivity contribution is 0.00878. The predicted octanol–water partition coefficient (Wildman–Crippen LogP) is 3.71. The largest absolute Gasteiger partial charge is 0.379 e. The molecule has 0 bridgehead atoms. The van der Waals surface area contributed by atoms with Gasteiger partial charge < -0.3 is 10.1 Å². The topological polar surface area (TPSA) is 21.3 Å². The monoisotopic (exact) mass is 243 g/mol. The van der Waals surface area contributed by atoms with Crippen molar-refractivity contribution in [2.75, 3.05) is 20.2 Å². The molecule has 1 N–H and O–H groups in total. The highest BCUT2D eigenvalue weighted by Gasteiger charge is 2.20. The van der Waals surface area contributed by atoms with Crippen LogP contribution in [0.5, 0.6) is 0 Å². The van der Waals surface area contributed by atoms with Crippen LogP contribution in [-0.2, 0) is 4.74 Å². The number of methoxy groups -OCH3 is 1. The maximum atomic E-state index is 5.49. The predicted molar refractivity (Wildman–Crippen MR) is 76.4 cm³/mol. The van der Waals surface area contributed by atoms with Gasteiger partial charge in [0, 0.05) is 7.11 Å². The van der Waals surface area contributed by atoms with Gasteiger partial charge in [-0.1, -0.05) is 27.7 Å². The van der Waals surface area contributed by atoms with E-state index in [-0.39, 0.29) is 5.60 Å². The molecule has 0 aromatic carbocycles. The first kappa shape index (κ1) is 16.9. The van der Waals surface area contributed by atoms with Crippen molar-refractivity contribution in [3.05, 3.63) is 0 Å². The molecule has 0 rings (SSSR count). The quantitative estimate of drug-likeness (QED) is 0.666. The summed E-state index contributed by atoms with van der Waals surface area (Å²) < 4.78 is 5.49. The van der Waals surface area contributed by atoms with E-state index in [9.17, 15) is 0 Å². The maximum Gasteiger partial charge on any atom is 0.0622 e. The summed E-state index contributed by atoms with van der Waals surface area (Å²) in [6, 6.07) is 0. The van der Waals surface area contributed by atoms with Crippen LogP contribution in [0.3, 0.4) is 0 Å². The van der Waals surface area contributed by atoms with E-state index in [1.165, 1.54) is 6.42 Å². The summed E-state index contributed by atoms with van der Waals surface area (Å²) in [6.07, 6.45) is 2.37. The smallest absolute Gasteiger partial charge is 0.0622 e. The Hall–Kier alpha value is -0.0800. The van der Waals surface area contributed by atoms with E-state index in [1.807, 2.05) is 0 Å². The number of ether oxygens (including phenoxy) is 1. The van der Waals surface area contributed by atoms with Crippen molar-refractivity contribution in [1.29, 1.82) is 0 Å². The number of hydrogen-bond acceptors (Lipinski definition) is 2. The van der Waals surface area contributed by atoms with Crippen molar-refractivity contribution in [3.63, 3.8) is 0 Å². The average molecular weight is 243 g/mol. The highest BCUT2D eigenvalue weighted by Crippen LogP contribution is 2.23. The van der Waals surface area contributed by atoms with Crippen LogP contribution in [0.2, 0.25) is 0 Å². The van der Waals surface area contributed by atoms with Crippen LogP contribution in [-0.4, -0.2) is 25.8 Å². The van der Waals surface area contributed by atoms with Gasteiger partial charge in [-0.2, -0.15) is 0 Å². The molecule has 1 unspecified atom stereocenters. The van der Waals surface area contributed by atoms with Crippen LogP contribution in [0.25, 0.3) is 0 Å². The molecule has 17 heavy (non-hydrogen) atoms. The number of rotatable bonds is 9. The third-order valence-electron chi connectivity index (χ3n) is 3.57. The van der Waals surface area contributed by atoms with Gasteiger partial charge in [-0.3, -0.25) is 0 Å². The number of hydrogen-bond donors (Lipinski definition) is 1. The first-order valence-electron chi connectivity index (χ1n) is 7.04. The maximum absolute atomic E-state index is 5.49. The molecule has 0 saturated carbocycles. The van der Waals surface area contributed by atoms with Crippen molar-refractivity contribution in [2.24, 2.45) is 17.8 Å². The Kier molecular flexibility index (Phi) is 8.06. The van der Waals surface area contributed by atoms with Gasteiger partial charge in [0.2, 0.25) is 0 Å². The average Bonchev–Trinajstić information content (AvgIpc) is 2.22. The molecule has 0 heterocycles. The lowest BCUT2D eigenvalue weighted by Crippen LogP contribution is -2.31. The fourth-order valence-electron chi connectivity index (χ4n) is 1.86. The lowest BCUT2D eigenvalue weighted by Gasteiger charge is -2.28. The van der Waals surface area contributed by atoms with Crippen LogP contribution in [0.1, 0.15) is 54.4 Å². The second kappa shape index (κ2) is 8.10. The zero-order valence-corrected chi connectivity index (χ0v) is 13.0. The third kappa shape index (κ3) is 8.62. The Balaban J connectivity index is 3.99. The first-order valence-corrected chi connectivity index (χ1v) is 7.04. The Morgan fingerprint density at radius 1 is 1.06 bits per heavy atom. The highest BCUT2D eigenvalue weighted by molar-refractivity contribution is 4.74. The molecule has 0 aliphatic heterocycles. The molecule has 2 heteroatoms. The molecule has 0 aromatic rings. The van der Waals surface area contributed by atoms with E-state index in [2.05, 4.69) is 46.9 Å². The van der Waals surface area contributed by atoms with Crippen molar-refractivity contribution in [3.8, 4) is 0 Å². The normalized spacial score (nSPS) is 14.6. The van der Waals surface area contributed by atoms with E-state index < -0.39 is 0 Å². The molecule has 0 amide bonds. The van der Waals surface area contributed by atoms with Gasteiger partial charge in [0.05, 0.1) is 5.60 Å². The van der Waals surface area contributed by atoms with Gasteiger partial charge in [0.1, 0.15) is 0 Å². The van der Waals surface area contributed by atoms with E-state index in [1.54, 1.807) is 7.11 Å². The Labute approximate surface area is 109 Å². The standard InChI is InChI=1S/C15H33NO/c1-12(2)10-16-11-14(13(3)4)8-9-15(5,6)17-7/h12-14,16H,8-11H2,1-7H3. The van der Waals surface area contributed by atoms with E-state index in [0.717, 1.165) is 37.3 Å². The van der Waals surface area contributed by atoms with Crippen LogP contribution >= 0.6 is 0 Å². The van der Waals surface area contributed by atoms with Gasteiger partial charge in [0.25, 0.3) is 0 Å². The van der Waals surface area contributed by atoms with Gasteiger partial charge in [-0.05, 0) is 57.5 Å². The zero-order chi connectivity index (χ0) is 13.5. The fourth-order valence-corrected chi connectivity index (χ4v) is 1.86. The summed E-state index contributed by atoms with van der Waals surface area (Å²) in [6.45, 7) is 15.8. The van der Waals surface area contributed by atoms with E-state index in [0.29, 0.717) is 0 Å². The molecule has 0 aromatic heterocycles. The second-order valence-electron chi connectivity index (χ2n) is 6.56. The third-order valence-corrected chi connectivity index (χ3v) is 3.57. The zero-order valence-electron chi connectivity index (χ0n) is 13.0. The number of nitrogens with one attached hydrogen (secondary N) is 1. The molecule has 104 valence electrons. The summed E-state index contributed by atoms with van der Waals surface area (Å²) >= 11 is 0. The SMILES string of the molecule is COC(C)(C)CCC(CNCC(C)C)C(C)C. The minimum absolute atomic E-state index is 0.0190. The molecule has 1 atom stereocenters. The van der Waals surface area contributed by atoms with Crippen LogP contribution in [0.4, 0.5) is 0 Å². The Morgan fingerprint density at radius 2 is 1.65 bits per heavy atom. The minimum Gasteiger partial charge on any atom is -0.379 e. The minimum atomic E-state index is 0.0190. The molecular formula is C15H33NO. The fraction of sp³-hybridized carbons (Fsp3) is 1.00. The molecule has 0 radical (unpaired) electrons. The van der Waals surface area contributed by atoms with Crippen LogP contribution in [0, 0.1) is 17.8 Å². The second-order valence-corrected chi connectivity index (χ2v) is 6.56. The lowest BCUT2D eigenvalue weighted by atomic mass is 9.87. The highest BCUT2D eigenvalue weighted by atomic mass is 16.5. The molecule has 2 nitrogen and oxygen atoms in total. The van der Waals surface area contributed by atoms with Crippen LogP contribution in [0.15, 0.2) is 0 Å². The molecule has 0 spiro atoms. The van der Waals surface area contributed by atoms with Gasteiger partial charge in [-0.25, -0.2) is 0 Å². The van der Waals surface area contributed by atoms with Crippen molar-refractivity contribution in [2.45, 2.75) is 60.0 Å². The van der Waals surface area contributed by atoms with Crippen molar-refractivity contribution < 1.29 is 4.74 Å². The molecule has 0 aliphatic carbocycles. The van der Waals surface area contributed by atoms with Crippen molar-refractivity contribution >= 4 is 0 Å². The summed E-state index contributed by atoms with van der Waals surface area (Å²) in [5.74, 6) is 2.23. The van der Waals surface area contributed by atoms with Gasteiger partial charge in [0.15, 0.2) is 0 Å². The molecule has 0 saturated heterocycles. The van der Waals surface area contributed by atoms with Gasteiger partial charge >= 0.3 is 0 Å². The van der Waals surface area contributed by atoms with Crippen LogP contribution < -0.4 is 5.32 Å². The van der Waals surface area contributed by atoms with Gasteiger partial charge in [-0.15, -0.1) is 0 Å². The molecular weight excluding hydrogens is 210 g/mol. The molecule has 0 aliphatic rings. The summed E-state index contributed by atoms with van der Waals surface area (Å²) in [4.78, 5) is 0. The summed E-state index contributed by atoms with van der Waals surface area (Å²) in [5.41, 5.74) is 0.0190. The summed E-state index contributed by atoms with van der Waals surface area (Å²) in [7, 11) is 1.81. The molecule has 0 fully saturated rings. The van der Waals surface area contributed by atoms with Crippen molar-refractivity contribution in [1.82, 2.24) is 5.32 Å². The van der Waals surface area contributed by atoms with E-state index in [4.69, 9.17) is 4.74 Å². The Bertz CT molecular complexity index is 187. The van der Waals surface area contributed by atoms with E-state index >= 15 is 0 Å².